The average Bonchev–Trinajstić information content (AvgIpc) is 2.37. The molecule has 0 bridgehead atoms. The second-order valence-corrected chi connectivity index (χ2v) is 3.63. The van der Waals surface area contributed by atoms with Crippen molar-refractivity contribution in [2.75, 3.05) is 5.32 Å². The number of halogens is 3. The van der Waals surface area contributed by atoms with Gasteiger partial charge in [-0.1, -0.05) is 6.07 Å². The molecule has 0 saturated carbocycles. The Hall–Kier alpha value is -2.11. The van der Waals surface area contributed by atoms with Crippen LogP contribution in [-0.4, -0.2) is 9.97 Å². The summed E-state index contributed by atoms with van der Waals surface area (Å²) in [5.41, 5.74) is 0.386. The third-order valence-corrected chi connectivity index (χ3v) is 2.28. The number of aromatic nitrogens is 2. The highest BCUT2D eigenvalue weighted by atomic mass is 19.4. The van der Waals surface area contributed by atoms with Gasteiger partial charge in [0.2, 0.25) is 0 Å². The van der Waals surface area contributed by atoms with Crippen molar-refractivity contribution < 1.29 is 13.2 Å². The predicted molar refractivity (Wildman–Crippen MR) is 60.8 cm³/mol. The summed E-state index contributed by atoms with van der Waals surface area (Å²) in [6, 6.07) is 5.04. The van der Waals surface area contributed by atoms with E-state index >= 15 is 0 Å². The van der Waals surface area contributed by atoms with Crippen molar-refractivity contribution in [1.82, 2.24) is 9.97 Å². The lowest BCUT2D eigenvalue weighted by molar-refractivity contribution is -0.137. The molecule has 0 spiro atoms. The maximum absolute atomic E-state index is 12.5. The quantitative estimate of drug-likeness (QED) is 0.913. The van der Waals surface area contributed by atoms with Gasteiger partial charge in [0.1, 0.15) is 0 Å². The highest BCUT2D eigenvalue weighted by molar-refractivity contribution is 5.46. The summed E-state index contributed by atoms with van der Waals surface area (Å²) < 4.78 is 37.4. The molecule has 1 aromatic heterocycles. The lowest BCUT2D eigenvalue weighted by atomic mass is 10.2. The molecule has 0 radical (unpaired) electrons. The van der Waals surface area contributed by atoms with Gasteiger partial charge in [-0.2, -0.15) is 13.2 Å². The molecule has 2 aromatic rings. The van der Waals surface area contributed by atoms with Gasteiger partial charge < -0.3 is 5.32 Å². The smallest absolute Gasteiger partial charge is 0.379 e. The van der Waals surface area contributed by atoms with E-state index in [0.29, 0.717) is 17.9 Å². The number of benzene rings is 1. The van der Waals surface area contributed by atoms with Crippen LogP contribution >= 0.6 is 0 Å². The summed E-state index contributed by atoms with van der Waals surface area (Å²) in [5.74, 6) is 0. The maximum atomic E-state index is 12.5. The molecule has 1 heterocycles. The Morgan fingerprint density at radius 1 is 1.17 bits per heavy atom. The fraction of sp³-hybridized carbons (Fsp3) is 0.167. The van der Waals surface area contributed by atoms with Crippen LogP contribution in [0, 0.1) is 0 Å². The minimum absolute atomic E-state index is 0.329. The van der Waals surface area contributed by atoms with Crippen LogP contribution in [0.5, 0.6) is 0 Å². The topological polar surface area (TPSA) is 37.8 Å². The van der Waals surface area contributed by atoms with E-state index in [4.69, 9.17) is 0 Å². The zero-order valence-corrected chi connectivity index (χ0v) is 9.28. The van der Waals surface area contributed by atoms with Crippen molar-refractivity contribution in [3.63, 3.8) is 0 Å². The first-order valence-electron chi connectivity index (χ1n) is 5.22. The zero-order valence-electron chi connectivity index (χ0n) is 9.28. The number of alkyl halides is 3. The van der Waals surface area contributed by atoms with Gasteiger partial charge >= 0.3 is 6.18 Å². The Bertz CT molecular complexity index is 511. The number of hydrogen-bond donors (Lipinski definition) is 1. The number of nitrogens with one attached hydrogen (secondary N) is 1. The van der Waals surface area contributed by atoms with E-state index in [2.05, 4.69) is 15.3 Å². The van der Waals surface area contributed by atoms with E-state index in [-0.39, 0.29) is 0 Å². The highest BCUT2D eigenvalue weighted by Crippen LogP contribution is 2.30. The first-order chi connectivity index (χ1) is 8.55. The van der Waals surface area contributed by atoms with Gasteiger partial charge in [-0.25, -0.2) is 0 Å². The number of hydrogen-bond acceptors (Lipinski definition) is 3. The summed E-state index contributed by atoms with van der Waals surface area (Å²) in [4.78, 5) is 7.89. The molecule has 0 amide bonds. The molecule has 6 heteroatoms. The van der Waals surface area contributed by atoms with Crippen molar-refractivity contribution in [3.8, 4) is 0 Å². The second kappa shape index (κ2) is 5.03. The second-order valence-electron chi connectivity index (χ2n) is 3.63. The number of rotatable bonds is 3. The summed E-state index contributed by atoms with van der Waals surface area (Å²) in [6.45, 7) is 0.329. The fourth-order valence-corrected chi connectivity index (χ4v) is 1.42. The molecule has 0 aliphatic carbocycles. The first-order valence-corrected chi connectivity index (χ1v) is 5.22. The van der Waals surface area contributed by atoms with Crippen LogP contribution in [-0.2, 0) is 12.7 Å². The van der Waals surface area contributed by atoms with Crippen LogP contribution in [0.25, 0.3) is 0 Å². The minimum Gasteiger partial charge on any atom is -0.379 e. The Morgan fingerprint density at radius 2 is 2.00 bits per heavy atom. The van der Waals surface area contributed by atoms with Gasteiger partial charge in [0.05, 0.1) is 24.0 Å². The third kappa shape index (κ3) is 3.19. The van der Waals surface area contributed by atoms with E-state index in [9.17, 15) is 13.2 Å². The van der Waals surface area contributed by atoms with Crippen molar-refractivity contribution in [1.29, 1.82) is 0 Å². The molecule has 1 aromatic carbocycles. The van der Waals surface area contributed by atoms with Gasteiger partial charge in [0.15, 0.2) is 0 Å². The summed E-state index contributed by atoms with van der Waals surface area (Å²) >= 11 is 0. The average molecular weight is 253 g/mol. The Balaban J connectivity index is 2.06. The molecule has 2 rings (SSSR count). The maximum Gasteiger partial charge on any atom is 0.416 e. The van der Waals surface area contributed by atoms with Gasteiger partial charge in [-0.3, -0.25) is 9.97 Å². The Kier molecular flexibility index (Phi) is 3.45. The summed E-state index contributed by atoms with van der Waals surface area (Å²) in [7, 11) is 0. The SMILES string of the molecule is FC(F)(F)c1cccc(NCc2cnccn2)c1. The molecule has 0 unspecified atom stereocenters. The highest BCUT2D eigenvalue weighted by Gasteiger charge is 2.30. The first kappa shape index (κ1) is 12.3. The van der Waals surface area contributed by atoms with E-state index in [0.717, 1.165) is 12.1 Å². The number of anilines is 1. The molecule has 3 nitrogen and oxygen atoms in total. The largest absolute Gasteiger partial charge is 0.416 e. The molecule has 0 fully saturated rings. The molecule has 1 N–H and O–H groups in total. The monoisotopic (exact) mass is 253 g/mol. The van der Waals surface area contributed by atoms with Crippen molar-refractivity contribution in [3.05, 3.63) is 54.1 Å². The van der Waals surface area contributed by atoms with Gasteiger partial charge in [0.25, 0.3) is 0 Å². The van der Waals surface area contributed by atoms with Crippen LogP contribution in [0.3, 0.4) is 0 Å². The molecule has 0 atom stereocenters. The molecule has 0 aliphatic rings. The Morgan fingerprint density at radius 3 is 2.67 bits per heavy atom. The molecular weight excluding hydrogens is 243 g/mol. The van der Waals surface area contributed by atoms with Gasteiger partial charge in [-0.15, -0.1) is 0 Å². The van der Waals surface area contributed by atoms with E-state index in [1.165, 1.54) is 18.5 Å². The lowest BCUT2D eigenvalue weighted by Crippen LogP contribution is -2.07. The van der Waals surface area contributed by atoms with Crippen LogP contribution < -0.4 is 5.32 Å². The third-order valence-electron chi connectivity index (χ3n) is 2.28. The summed E-state index contributed by atoms with van der Waals surface area (Å²) in [5, 5.41) is 2.87. The molecule has 18 heavy (non-hydrogen) atoms. The van der Waals surface area contributed by atoms with Crippen LogP contribution in [0.15, 0.2) is 42.9 Å². The minimum atomic E-state index is -4.33. The van der Waals surface area contributed by atoms with Crippen molar-refractivity contribution in [2.45, 2.75) is 12.7 Å². The van der Waals surface area contributed by atoms with Crippen LogP contribution in [0.1, 0.15) is 11.3 Å². The molecular formula is C12H10F3N3. The lowest BCUT2D eigenvalue weighted by Gasteiger charge is -2.10. The van der Waals surface area contributed by atoms with Crippen LogP contribution in [0.4, 0.5) is 18.9 Å². The van der Waals surface area contributed by atoms with Gasteiger partial charge in [-0.05, 0) is 18.2 Å². The fourth-order valence-electron chi connectivity index (χ4n) is 1.42. The van der Waals surface area contributed by atoms with Gasteiger partial charge in [0, 0.05) is 18.1 Å². The van der Waals surface area contributed by atoms with E-state index in [1.807, 2.05) is 0 Å². The molecule has 0 saturated heterocycles. The standard InChI is InChI=1S/C12H10F3N3/c13-12(14,15)9-2-1-3-10(6-9)18-8-11-7-16-4-5-17-11/h1-7,18H,8H2. The number of nitrogens with zero attached hydrogens (tertiary/aromatic N) is 2. The molecule has 94 valence electrons. The predicted octanol–water partition coefficient (Wildman–Crippen LogP) is 3.11. The van der Waals surface area contributed by atoms with E-state index < -0.39 is 11.7 Å². The normalized spacial score (nSPS) is 11.3. The zero-order chi connectivity index (χ0) is 13.0. The summed E-state index contributed by atoms with van der Waals surface area (Å²) in [6.07, 6.45) is 0.293. The van der Waals surface area contributed by atoms with Crippen molar-refractivity contribution >= 4 is 5.69 Å². The van der Waals surface area contributed by atoms with Crippen LogP contribution in [0.2, 0.25) is 0 Å². The van der Waals surface area contributed by atoms with Crippen molar-refractivity contribution in [2.24, 2.45) is 0 Å². The van der Waals surface area contributed by atoms with E-state index in [1.54, 1.807) is 12.3 Å². The molecule has 0 aliphatic heterocycles. The Labute approximate surface area is 102 Å².